The third-order valence-corrected chi connectivity index (χ3v) is 6.40. The minimum Gasteiger partial charge on any atom is -0.354 e. The standard InChI is InChI=1S/C19H39N6O5P/c1-5-16(31(28,29)30)23-15(12-13(2)3)17(26)24-14(8-6-7-9-20)18(27)25(4)19-21-10-11-22-19/h13-16,23H,5-12,20H2,1-4H3,(H,21,22)(H,24,26)(H2,28,29,30)/t14-,15-,16+/m0/s1. The first-order valence-electron chi connectivity index (χ1n) is 10.9. The summed E-state index contributed by atoms with van der Waals surface area (Å²) in [5, 5.41) is 8.65. The molecule has 0 saturated heterocycles. The third kappa shape index (κ3) is 9.24. The van der Waals surface area contributed by atoms with E-state index in [-0.39, 0.29) is 18.2 Å². The van der Waals surface area contributed by atoms with Gasteiger partial charge in [-0.25, -0.2) is 0 Å². The molecule has 1 aliphatic heterocycles. The normalized spacial score (nSPS) is 17.0. The first kappa shape index (κ1) is 27.5. The van der Waals surface area contributed by atoms with Gasteiger partial charge in [-0.2, -0.15) is 0 Å². The number of nitrogens with one attached hydrogen (secondary N) is 3. The molecule has 11 nitrogen and oxygen atoms in total. The molecule has 1 heterocycles. The van der Waals surface area contributed by atoms with Crippen LogP contribution in [0.3, 0.4) is 0 Å². The quantitative estimate of drug-likeness (QED) is 0.163. The molecular weight excluding hydrogens is 423 g/mol. The van der Waals surface area contributed by atoms with Crippen LogP contribution in [-0.4, -0.2) is 77.0 Å². The summed E-state index contributed by atoms with van der Waals surface area (Å²) in [6.45, 7) is 7.20. The van der Waals surface area contributed by atoms with Crippen LogP contribution in [0.1, 0.15) is 52.9 Å². The summed E-state index contributed by atoms with van der Waals surface area (Å²) in [7, 11) is -2.82. The van der Waals surface area contributed by atoms with Gasteiger partial charge in [0.05, 0.1) is 12.6 Å². The zero-order valence-corrected chi connectivity index (χ0v) is 19.9. The molecule has 0 saturated carbocycles. The van der Waals surface area contributed by atoms with Crippen molar-refractivity contribution in [3.8, 4) is 0 Å². The van der Waals surface area contributed by atoms with E-state index in [4.69, 9.17) is 5.73 Å². The molecule has 1 aliphatic rings. The Bertz CT molecular complexity index is 668. The minimum atomic E-state index is -4.42. The van der Waals surface area contributed by atoms with Crippen molar-refractivity contribution >= 4 is 25.4 Å². The summed E-state index contributed by atoms with van der Waals surface area (Å²) < 4.78 is 11.8. The summed E-state index contributed by atoms with van der Waals surface area (Å²) >= 11 is 0. The molecule has 0 radical (unpaired) electrons. The van der Waals surface area contributed by atoms with Crippen molar-refractivity contribution in [2.45, 2.75) is 70.7 Å². The molecule has 0 aromatic carbocycles. The molecule has 180 valence electrons. The van der Waals surface area contributed by atoms with Gasteiger partial charge in [-0.05, 0) is 44.6 Å². The molecule has 12 heteroatoms. The fourth-order valence-electron chi connectivity index (χ4n) is 3.38. The number of guanidine groups is 1. The smallest absolute Gasteiger partial charge is 0.342 e. The van der Waals surface area contributed by atoms with E-state index >= 15 is 0 Å². The highest BCUT2D eigenvalue weighted by molar-refractivity contribution is 7.52. The first-order chi connectivity index (χ1) is 14.5. The summed E-state index contributed by atoms with van der Waals surface area (Å²) in [5.74, 6) is -1.32. The topological polar surface area (TPSA) is 169 Å². The Morgan fingerprint density at radius 3 is 2.45 bits per heavy atom. The molecule has 7 N–H and O–H groups in total. The zero-order valence-electron chi connectivity index (χ0n) is 19.0. The first-order valence-corrected chi connectivity index (χ1v) is 12.6. The number of nitrogens with two attached hydrogens (primary N) is 1. The molecule has 0 aromatic heterocycles. The van der Waals surface area contributed by atoms with Crippen LogP contribution >= 0.6 is 7.60 Å². The lowest BCUT2D eigenvalue weighted by Crippen LogP contribution is -2.56. The largest absolute Gasteiger partial charge is 0.354 e. The van der Waals surface area contributed by atoms with Crippen molar-refractivity contribution in [2.75, 3.05) is 26.7 Å². The second-order valence-electron chi connectivity index (χ2n) is 8.24. The van der Waals surface area contributed by atoms with Gasteiger partial charge in [0.25, 0.3) is 5.91 Å². The minimum absolute atomic E-state index is 0.101. The molecule has 31 heavy (non-hydrogen) atoms. The zero-order chi connectivity index (χ0) is 23.6. The third-order valence-electron chi connectivity index (χ3n) is 5.08. The number of rotatable bonds is 13. The predicted octanol–water partition coefficient (Wildman–Crippen LogP) is -0.0641. The van der Waals surface area contributed by atoms with Crippen LogP contribution in [-0.2, 0) is 14.2 Å². The van der Waals surface area contributed by atoms with Crippen LogP contribution in [0, 0.1) is 5.92 Å². The van der Waals surface area contributed by atoms with Crippen molar-refractivity contribution in [3.05, 3.63) is 0 Å². The molecule has 3 atom stereocenters. The summed E-state index contributed by atoms with van der Waals surface area (Å²) in [4.78, 5) is 50.9. The number of nitrogens with zero attached hydrogens (tertiary/aromatic N) is 2. The molecular formula is C19H39N6O5P. The molecule has 0 bridgehead atoms. The van der Waals surface area contributed by atoms with Gasteiger partial charge in [0.1, 0.15) is 11.8 Å². The summed E-state index contributed by atoms with van der Waals surface area (Å²) in [5.41, 5.74) is 5.57. The Kier molecular flexibility index (Phi) is 11.6. The van der Waals surface area contributed by atoms with E-state index in [9.17, 15) is 23.9 Å². The van der Waals surface area contributed by atoms with E-state index < -0.39 is 31.4 Å². The highest BCUT2D eigenvalue weighted by atomic mass is 31.2. The average molecular weight is 463 g/mol. The maximum Gasteiger partial charge on any atom is 0.342 e. The molecule has 0 spiro atoms. The van der Waals surface area contributed by atoms with Crippen LogP contribution in [0.2, 0.25) is 0 Å². The van der Waals surface area contributed by atoms with Gasteiger partial charge in [-0.1, -0.05) is 20.8 Å². The van der Waals surface area contributed by atoms with Crippen LogP contribution in [0.15, 0.2) is 4.99 Å². The van der Waals surface area contributed by atoms with Crippen molar-refractivity contribution < 1.29 is 23.9 Å². The highest BCUT2D eigenvalue weighted by Crippen LogP contribution is 2.41. The van der Waals surface area contributed by atoms with Crippen molar-refractivity contribution in [3.63, 3.8) is 0 Å². The van der Waals surface area contributed by atoms with Gasteiger partial charge in [-0.15, -0.1) is 0 Å². The van der Waals surface area contributed by atoms with E-state index in [0.29, 0.717) is 51.3 Å². The molecule has 0 aliphatic carbocycles. The fraction of sp³-hybridized carbons (Fsp3) is 0.842. The SMILES string of the molecule is CC[C@H](N[C@@H](CC(C)C)C(=O)N[C@@H](CCCCN)C(=O)N(C)C1=NCCN1)P(=O)(O)O. The van der Waals surface area contributed by atoms with Crippen LogP contribution in [0.25, 0.3) is 0 Å². The number of aliphatic imine (C=N–C) groups is 1. The molecule has 0 aromatic rings. The van der Waals surface area contributed by atoms with E-state index in [2.05, 4.69) is 20.9 Å². The highest BCUT2D eigenvalue weighted by Gasteiger charge is 2.34. The van der Waals surface area contributed by atoms with Gasteiger partial charge in [0, 0.05) is 13.6 Å². The number of amides is 2. The van der Waals surface area contributed by atoms with Gasteiger partial charge in [-0.3, -0.25) is 29.4 Å². The lowest BCUT2D eigenvalue weighted by Gasteiger charge is -2.29. The van der Waals surface area contributed by atoms with Crippen molar-refractivity contribution in [2.24, 2.45) is 16.6 Å². The fourth-order valence-corrected chi connectivity index (χ4v) is 4.23. The monoisotopic (exact) mass is 462 g/mol. The second kappa shape index (κ2) is 13.1. The Balaban J connectivity index is 2.98. The molecule has 0 fully saturated rings. The maximum absolute atomic E-state index is 13.1. The predicted molar refractivity (Wildman–Crippen MR) is 120 cm³/mol. The van der Waals surface area contributed by atoms with E-state index in [1.165, 1.54) is 4.90 Å². The number of unbranched alkanes of at least 4 members (excludes halogenated alkanes) is 1. The Hall–Kier alpha value is -1.52. The number of hydrogen-bond donors (Lipinski definition) is 6. The summed E-state index contributed by atoms with van der Waals surface area (Å²) in [6.07, 6.45) is 2.31. The van der Waals surface area contributed by atoms with Gasteiger partial charge < -0.3 is 26.2 Å². The van der Waals surface area contributed by atoms with Crippen molar-refractivity contribution in [1.29, 1.82) is 0 Å². The van der Waals surface area contributed by atoms with E-state index in [1.54, 1.807) is 14.0 Å². The molecule has 1 rings (SSSR count). The van der Waals surface area contributed by atoms with Gasteiger partial charge >= 0.3 is 7.60 Å². The number of hydrogen-bond acceptors (Lipinski definition) is 7. The van der Waals surface area contributed by atoms with Crippen molar-refractivity contribution in [1.82, 2.24) is 20.9 Å². The van der Waals surface area contributed by atoms with Gasteiger partial charge in [0.15, 0.2) is 0 Å². The lowest BCUT2D eigenvalue weighted by molar-refractivity contribution is -0.133. The molecule has 0 unspecified atom stereocenters. The second-order valence-corrected chi connectivity index (χ2v) is 10.0. The van der Waals surface area contributed by atoms with Crippen LogP contribution < -0.4 is 21.7 Å². The Morgan fingerprint density at radius 2 is 1.97 bits per heavy atom. The Morgan fingerprint density at radius 1 is 1.29 bits per heavy atom. The van der Waals surface area contributed by atoms with Gasteiger partial charge in [0.2, 0.25) is 11.9 Å². The van der Waals surface area contributed by atoms with E-state index in [0.717, 1.165) is 0 Å². The Labute approximate surface area is 184 Å². The average Bonchev–Trinajstić information content (AvgIpc) is 3.22. The number of carbonyl (C=O) groups is 2. The molecule has 2 amide bonds. The lowest BCUT2D eigenvalue weighted by atomic mass is 10.0. The maximum atomic E-state index is 13.1. The summed E-state index contributed by atoms with van der Waals surface area (Å²) in [6, 6.07) is -1.63. The van der Waals surface area contributed by atoms with Crippen LogP contribution in [0.4, 0.5) is 0 Å². The number of carbonyl (C=O) groups excluding carboxylic acids is 2. The van der Waals surface area contributed by atoms with E-state index in [1.807, 2.05) is 13.8 Å². The van der Waals surface area contributed by atoms with Crippen LogP contribution in [0.5, 0.6) is 0 Å². The number of likely N-dealkylation sites (N-methyl/N-ethyl adjacent to an activating group) is 1.